The van der Waals surface area contributed by atoms with Gasteiger partial charge in [0.2, 0.25) is 0 Å². The maximum atomic E-state index is 10.8. The molecule has 3 rings (SSSR count). The number of aliphatic hydroxyl groups is 1. The molecule has 3 nitrogen and oxygen atoms in total. The summed E-state index contributed by atoms with van der Waals surface area (Å²) in [6, 6.07) is 13.2. The Morgan fingerprint density at radius 1 is 0.950 bits per heavy atom. The minimum Gasteiger partial charge on any atom is -0.486 e. The first kappa shape index (κ1) is 13.5. The number of benzene rings is 2. The van der Waals surface area contributed by atoms with E-state index in [4.69, 9.17) is 9.47 Å². The molecule has 0 bridgehead atoms. The van der Waals surface area contributed by atoms with Crippen LogP contribution in [-0.4, -0.2) is 18.3 Å². The topological polar surface area (TPSA) is 38.7 Å². The van der Waals surface area contributed by atoms with Gasteiger partial charge >= 0.3 is 0 Å². The zero-order chi connectivity index (χ0) is 14.2. The zero-order valence-electron chi connectivity index (χ0n) is 11.1. The fraction of sp³-hybridized carbons (Fsp3) is 0.250. The number of hydrogen-bond acceptors (Lipinski definition) is 3. The quantitative estimate of drug-likeness (QED) is 0.913. The minimum atomic E-state index is -1.07. The van der Waals surface area contributed by atoms with Gasteiger partial charge in [-0.1, -0.05) is 34.1 Å². The van der Waals surface area contributed by atoms with Crippen LogP contribution in [0.4, 0.5) is 0 Å². The van der Waals surface area contributed by atoms with Gasteiger partial charge in [0.05, 0.1) is 0 Å². The van der Waals surface area contributed by atoms with Crippen LogP contribution >= 0.6 is 15.9 Å². The highest BCUT2D eigenvalue weighted by Gasteiger charge is 2.27. The molecule has 2 aromatic rings. The molecular formula is C16H15BrO3. The van der Waals surface area contributed by atoms with E-state index in [2.05, 4.69) is 15.9 Å². The van der Waals surface area contributed by atoms with Crippen molar-refractivity contribution in [1.29, 1.82) is 0 Å². The standard InChI is InChI=1S/C16H15BrO3/c1-16(18,11-2-5-13(17)6-3-11)12-4-7-14-15(10-12)20-9-8-19-14/h2-7,10,18H,8-9H2,1H3. The molecule has 1 N–H and O–H groups in total. The summed E-state index contributed by atoms with van der Waals surface area (Å²) in [7, 11) is 0. The number of rotatable bonds is 2. The second-order valence-electron chi connectivity index (χ2n) is 4.94. The fourth-order valence-corrected chi connectivity index (χ4v) is 2.55. The highest BCUT2D eigenvalue weighted by molar-refractivity contribution is 9.10. The van der Waals surface area contributed by atoms with Crippen molar-refractivity contribution in [3.8, 4) is 11.5 Å². The average Bonchev–Trinajstić information content (AvgIpc) is 2.47. The molecule has 0 fully saturated rings. The van der Waals surface area contributed by atoms with Crippen molar-refractivity contribution in [2.45, 2.75) is 12.5 Å². The number of hydrogen-bond donors (Lipinski definition) is 1. The molecule has 1 heterocycles. The van der Waals surface area contributed by atoms with Gasteiger partial charge in [-0.2, -0.15) is 0 Å². The van der Waals surface area contributed by atoms with E-state index in [1.807, 2.05) is 42.5 Å². The predicted octanol–water partition coefficient (Wildman–Crippen LogP) is 3.48. The van der Waals surface area contributed by atoms with Crippen molar-refractivity contribution in [1.82, 2.24) is 0 Å². The van der Waals surface area contributed by atoms with Crippen molar-refractivity contribution < 1.29 is 14.6 Å². The Morgan fingerprint density at radius 3 is 2.25 bits per heavy atom. The first-order valence-corrected chi connectivity index (χ1v) is 7.25. The Labute approximate surface area is 126 Å². The fourth-order valence-electron chi connectivity index (χ4n) is 2.29. The van der Waals surface area contributed by atoms with Crippen LogP contribution in [0, 0.1) is 0 Å². The molecular weight excluding hydrogens is 320 g/mol. The normalized spacial score (nSPS) is 16.6. The molecule has 0 spiro atoms. The Balaban J connectivity index is 2.00. The van der Waals surface area contributed by atoms with Gasteiger partial charge in [0.15, 0.2) is 11.5 Å². The monoisotopic (exact) mass is 334 g/mol. The lowest BCUT2D eigenvalue weighted by molar-refractivity contribution is 0.101. The summed E-state index contributed by atoms with van der Waals surface area (Å²) in [6.45, 7) is 2.88. The molecule has 0 saturated carbocycles. The molecule has 1 aliphatic rings. The van der Waals surface area contributed by atoms with Gasteiger partial charge in [-0.15, -0.1) is 0 Å². The van der Waals surface area contributed by atoms with E-state index in [1.165, 1.54) is 0 Å². The molecule has 104 valence electrons. The molecule has 0 radical (unpaired) electrons. The summed E-state index contributed by atoms with van der Waals surface area (Å²) in [5.41, 5.74) is 0.540. The Bertz CT molecular complexity index is 620. The van der Waals surface area contributed by atoms with E-state index < -0.39 is 5.60 Å². The smallest absolute Gasteiger partial charge is 0.161 e. The van der Waals surface area contributed by atoms with Gasteiger partial charge in [0.1, 0.15) is 18.8 Å². The molecule has 0 amide bonds. The third-order valence-electron chi connectivity index (χ3n) is 3.51. The molecule has 1 atom stereocenters. The first-order chi connectivity index (χ1) is 9.57. The van der Waals surface area contributed by atoms with Crippen LogP contribution in [0.5, 0.6) is 11.5 Å². The predicted molar refractivity (Wildman–Crippen MR) is 80.2 cm³/mol. The SMILES string of the molecule is CC(O)(c1ccc(Br)cc1)c1ccc2c(c1)OCCO2. The van der Waals surface area contributed by atoms with Crippen LogP contribution in [0.25, 0.3) is 0 Å². The van der Waals surface area contributed by atoms with Gasteiger partial charge in [-0.25, -0.2) is 0 Å². The van der Waals surface area contributed by atoms with Crippen molar-refractivity contribution in [3.63, 3.8) is 0 Å². The van der Waals surface area contributed by atoms with Gasteiger partial charge in [0.25, 0.3) is 0 Å². The van der Waals surface area contributed by atoms with Gasteiger partial charge in [-0.05, 0) is 42.3 Å². The lowest BCUT2D eigenvalue weighted by atomic mass is 9.88. The third kappa shape index (κ3) is 2.41. The van der Waals surface area contributed by atoms with E-state index in [-0.39, 0.29) is 0 Å². The van der Waals surface area contributed by atoms with E-state index in [1.54, 1.807) is 6.92 Å². The molecule has 4 heteroatoms. The highest BCUT2D eigenvalue weighted by Crippen LogP contribution is 2.37. The van der Waals surface area contributed by atoms with Crippen molar-refractivity contribution in [2.75, 3.05) is 13.2 Å². The van der Waals surface area contributed by atoms with E-state index in [9.17, 15) is 5.11 Å². The Hall–Kier alpha value is -1.52. The first-order valence-electron chi connectivity index (χ1n) is 6.46. The lowest BCUT2D eigenvalue weighted by Gasteiger charge is -2.27. The molecule has 1 aliphatic heterocycles. The maximum Gasteiger partial charge on any atom is 0.161 e. The van der Waals surface area contributed by atoms with E-state index in [0.717, 1.165) is 21.3 Å². The molecule has 1 unspecified atom stereocenters. The molecule has 0 aromatic heterocycles. The number of fused-ring (bicyclic) bond motifs is 1. The molecule has 20 heavy (non-hydrogen) atoms. The van der Waals surface area contributed by atoms with E-state index >= 15 is 0 Å². The van der Waals surface area contributed by atoms with Crippen LogP contribution in [0.1, 0.15) is 18.1 Å². The van der Waals surface area contributed by atoms with Gasteiger partial charge in [-0.3, -0.25) is 0 Å². The maximum absolute atomic E-state index is 10.8. The van der Waals surface area contributed by atoms with E-state index in [0.29, 0.717) is 19.0 Å². The van der Waals surface area contributed by atoms with Gasteiger partial charge in [0, 0.05) is 4.47 Å². The van der Waals surface area contributed by atoms with Crippen molar-refractivity contribution >= 4 is 15.9 Å². The average molecular weight is 335 g/mol. The number of ether oxygens (including phenoxy) is 2. The highest BCUT2D eigenvalue weighted by atomic mass is 79.9. The van der Waals surface area contributed by atoms with Crippen LogP contribution in [0.3, 0.4) is 0 Å². The summed E-state index contributed by atoms with van der Waals surface area (Å²) in [5.74, 6) is 1.41. The summed E-state index contributed by atoms with van der Waals surface area (Å²) in [4.78, 5) is 0. The van der Waals surface area contributed by atoms with Crippen LogP contribution in [0.2, 0.25) is 0 Å². The number of halogens is 1. The second kappa shape index (κ2) is 5.11. The van der Waals surface area contributed by atoms with Crippen molar-refractivity contribution in [3.05, 3.63) is 58.1 Å². The third-order valence-corrected chi connectivity index (χ3v) is 4.04. The Kier molecular flexibility index (Phi) is 3.44. The minimum absolute atomic E-state index is 0.539. The molecule has 0 aliphatic carbocycles. The zero-order valence-corrected chi connectivity index (χ0v) is 12.7. The van der Waals surface area contributed by atoms with Gasteiger partial charge < -0.3 is 14.6 Å². The lowest BCUT2D eigenvalue weighted by Crippen LogP contribution is -2.23. The molecule has 0 saturated heterocycles. The second-order valence-corrected chi connectivity index (χ2v) is 5.85. The van der Waals surface area contributed by atoms with Crippen molar-refractivity contribution in [2.24, 2.45) is 0 Å². The summed E-state index contributed by atoms with van der Waals surface area (Å²) in [6.07, 6.45) is 0. The molecule has 2 aromatic carbocycles. The van der Waals surface area contributed by atoms with Crippen LogP contribution < -0.4 is 9.47 Å². The summed E-state index contributed by atoms with van der Waals surface area (Å²) < 4.78 is 12.1. The summed E-state index contributed by atoms with van der Waals surface area (Å²) >= 11 is 3.40. The van der Waals surface area contributed by atoms with Crippen LogP contribution in [0.15, 0.2) is 46.9 Å². The summed E-state index contributed by atoms with van der Waals surface area (Å²) in [5, 5.41) is 10.8. The van der Waals surface area contributed by atoms with Crippen LogP contribution in [-0.2, 0) is 5.60 Å². The largest absolute Gasteiger partial charge is 0.486 e. The Morgan fingerprint density at radius 2 is 1.55 bits per heavy atom.